The maximum atomic E-state index is 9.54. The second-order valence-electron chi connectivity index (χ2n) is 6.30. The lowest BCUT2D eigenvalue weighted by atomic mass is 10.1. The molecule has 0 unspecified atom stereocenters. The fourth-order valence-electron chi connectivity index (χ4n) is 3.22. The number of nitrogens with zero attached hydrogens (tertiary/aromatic N) is 3. The van der Waals surface area contributed by atoms with E-state index in [0.29, 0.717) is 11.2 Å². The van der Waals surface area contributed by atoms with Crippen LogP contribution in [0.2, 0.25) is 0 Å². The summed E-state index contributed by atoms with van der Waals surface area (Å²) in [5, 5.41) is 22.4. The summed E-state index contributed by atoms with van der Waals surface area (Å²) in [4.78, 5) is 4.66. The molecule has 0 amide bonds. The SMILES string of the molecule is Cc1cc(NCCc2ccc(O)cc2)n2c(nc3ccccc32)c1C#N. The summed E-state index contributed by atoms with van der Waals surface area (Å²) < 4.78 is 2.01. The molecule has 4 aromatic rings. The van der Waals surface area contributed by atoms with Crippen LogP contribution in [-0.4, -0.2) is 21.0 Å². The van der Waals surface area contributed by atoms with E-state index < -0.39 is 0 Å². The van der Waals surface area contributed by atoms with Gasteiger partial charge in [0.15, 0.2) is 5.65 Å². The third-order valence-electron chi connectivity index (χ3n) is 4.54. The van der Waals surface area contributed by atoms with Gasteiger partial charge in [0.2, 0.25) is 0 Å². The number of nitriles is 1. The first-order valence-electron chi connectivity index (χ1n) is 8.50. The average molecular weight is 342 g/mol. The Labute approximate surface area is 151 Å². The maximum absolute atomic E-state index is 9.54. The number of pyridine rings is 1. The van der Waals surface area contributed by atoms with Crippen molar-refractivity contribution in [2.45, 2.75) is 13.3 Å². The van der Waals surface area contributed by atoms with Crippen LogP contribution in [0.3, 0.4) is 0 Å². The molecule has 0 saturated carbocycles. The van der Waals surface area contributed by atoms with Crippen molar-refractivity contribution in [2.75, 3.05) is 11.9 Å². The predicted octanol–water partition coefficient (Wildman–Crippen LogP) is 4.03. The summed E-state index contributed by atoms with van der Waals surface area (Å²) >= 11 is 0. The monoisotopic (exact) mass is 342 g/mol. The fourth-order valence-corrected chi connectivity index (χ4v) is 3.22. The highest BCUT2D eigenvalue weighted by Gasteiger charge is 2.14. The van der Waals surface area contributed by atoms with Gasteiger partial charge in [-0.1, -0.05) is 24.3 Å². The molecule has 0 aliphatic carbocycles. The normalized spacial score (nSPS) is 10.9. The van der Waals surface area contributed by atoms with Gasteiger partial charge in [0.1, 0.15) is 17.6 Å². The van der Waals surface area contributed by atoms with Gasteiger partial charge in [0, 0.05) is 6.54 Å². The first-order chi connectivity index (χ1) is 12.7. The van der Waals surface area contributed by atoms with E-state index >= 15 is 0 Å². The number of phenolic OH excluding ortho intramolecular Hbond substituents is 1. The number of benzene rings is 2. The molecule has 26 heavy (non-hydrogen) atoms. The molecule has 0 radical (unpaired) electrons. The highest BCUT2D eigenvalue weighted by Crippen LogP contribution is 2.26. The fraction of sp³-hybridized carbons (Fsp3) is 0.143. The Balaban J connectivity index is 1.72. The van der Waals surface area contributed by atoms with Crippen molar-refractivity contribution in [1.29, 1.82) is 5.26 Å². The zero-order valence-electron chi connectivity index (χ0n) is 14.4. The maximum Gasteiger partial charge on any atom is 0.157 e. The van der Waals surface area contributed by atoms with E-state index in [1.54, 1.807) is 12.1 Å². The minimum Gasteiger partial charge on any atom is -0.508 e. The molecular weight excluding hydrogens is 324 g/mol. The van der Waals surface area contributed by atoms with Gasteiger partial charge in [-0.05, 0) is 54.8 Å². The highest BCUT2D eigenvalue weighted by molar-refractivity contribution is 5.85. The summed E-state index contributed by atoms with van der Waals surface area (Å²) in [6.07, 6.45) is 0.827. The number of hydrogen-bond donors (Lipinski definition) is 2. The van der Waals surface area contributed by atoms with E-state index in [0.717, 1.165) is 40.9 Å². The number of para-hydroxylation sites is 2. The van der Waals surface area contributed by atoms with Crippen molar-refractivity contribution >= 4 is 22.5 Å². The number of rotatable bonds is 4. The van der Waals surface area contributed by atoms with Gasteiger partial charge in [0.05, 0.1) is 16.6 Å². The lowest BCUT2D eigenvalue weighted by Gasteiger charge is -2.12. The van der Waals surface area contributed by atoms with Crippen molar-refractivity contribution in [2.24, 2.45) is 0 Å². The first-order valence-corrected chi connectivity index (χ1v) is 8.50. The van der Waals surface area contributed by atoms with Crippen LogP contribution in [0.5, 0.6) is 5.75 Å². The topological polar surface area (TPSA) is 73.3 Å². The van der Waals surface area contributed by atoms with Gasteiger partial charge < -0.3 is 10.4 Å². The highest BCUT2D eigenvalue weighted by atomic mass is 16.3. The van der Waals surface area contributed by atoms with Crippen molar-refractivity contribution in [3.05, 3.63) is 71.3 Å². The molecule has 2 aromatic heterocycles. The molecule has 0 fully saturated rings. The average Bonchev–Trinajstić information content (AvgIpc) is 3.03. The van der Waals surface area contributed by atoms with Crippen molar-refractivity contribution in [3.63, 3.8) is 0 Å². The van der Waals surface area contributed by atoms with Crippen LogP contribution in [0, 0.1) is 18.3 Å². The Bertz CT molecular complexity index is 1140. The Morgan fingerprint density at radius 1 is 1.15 bits per heavy atom. The van der Waals surface area contributed by atoms with Gasteiger partial charge in [-0.3, -0.25) is 4.40 Å². The quantitative estimate of drug-likeness (QED) is 0.587. The number of anilines is 1. The molecule has 5 heteroatoms. The number of aryl methyl sites for hydroxylation is 1. The minimum absolute atomic E-state index is 0.274. The summed E-state index contributed by atoms with van der Waals surface area (Å²) in [6.45, 7) is 2.67. The number of fused-ring (bicyclic) bond motifs is 3. The molecular formula is C21H18N4O. The van der Waals surface area contributed by atoms with Gasteiger partial charge >= 0.3 is 0 Å². The lowest BCUT2D eigenvalue weighted by Crippen LogP contribution is -2.09. The number of nitrogens with one attached hydrogen (secondary N) is 1. The summed E-state index contributed by atoms with van der Waals surface area (Å²) in [5.74, 6) is 1.19. The largest absolute Gasteiger partial charge is 0.508 e. The zero-order chi connectivity index (χ0) is 18.1. The van der Waals surface area contributed by atoms with Gasteiger partial charge in [0.25, 0.3) is 0 Å². The number of aromatic hydroxyl groups is 1. The molecule has 0 saturated heterocycles. The molecule has 2 aromatic carbocycles. The van der Waals surface area contributed by atoms with Gasteiger partial charge in [-0.2, -0.15) is 5.26 Å². The van der Waals surface area contributed by atoms with Gasteiger partial charge in [-0.15, -0.1) is 0 Å². The van der Waals surface area contributed by atoms with E-state index in [4.69, 9.17) is 0 Å². The summed E-state index contributed by atoms with van der Waals surface area (Å²) in [7, 11) is 0. The smallest absolute Gasteiger partial charge is 0.157 e. The van der Waals surface area contributed by atoms with Crippen LogP contribution in [-0.2, 0) is 6.42 Å². The zero-order valence-corrected chi connectivity index (χ0v) is 14.4. The van der Waals surface area contributed by atoms with E-state index in [9.17, 15) is 10.4 Å². The Morgan fingerprint density at radius 2 is 1.92 bits per heavy atom. The molecule has 4 rings (SSSR count). The molecule has 0 atom stereocenters. The van der Waals surface area contributed by atoms with Crippen LogP contribution in [0.1, 0.15) is 16.7 Å². The van der Waals surface area contributed by atoms with Crippen LogP contribution in [0.15, 0.2) is 54.6 Å². The Morgan fingerprint density at radius 3 is 2.69 bits per heavy atom. The van der Waals surface area contributed by atoms with Crippen molar-refractivity contribution < 1.29 is 5.11 Å². The lowest BCUT2D eigenvalue weighted by molar-refractivity contribution is 0.475. The first kappa shape index (κ1) is 16.0. The number of imidazole rings is 1. The summed E-state index contributed by atoms with van der Waals surface area (Å²) in [6, 6.07) is 19.4. The third kappa shape index (κ3) is 2.72. The standard InChI is InChI=1S/C21H18N4O/c1-14-12-20(23-11-10-15-6-8-16(26)9-7-15)25-19-5-3-2-4-18(19)24-21(25)17(14)13-22/h2-9,12,23,26H,10-11H2,1H3. The predicted molar refractivity (Wildman–Crippen MR) is 102 cm³/mol. The molecule has 2 heterocycles. The number of hydrogen-bond acceptors (Lipinski definition) is 4. The van der Waals surface area contributed by atoms with E-state index in [1.807, 2.05) is 53.8 Å². The van der Waals surface area contributed by atoms with Crippen LogP contribution >= 0.6 is 0 Å². The molecule has 128 valence electrons. The van der Waals surface area contributed by atoms with Crippen molar-refractivity contribution in [1.82, 2.24) is 9.38 Å². The van der Waals surface area contributed by atoms with Gasteiger partial charge in [-0.25, -0.2) is 4.98 Å². The summed E-state index contributed by atoms with van der Waals surface area (Å²) in [5.41, 5.74) is 5.18. The molecule has 5 nitrogen and oxygen atoms in total. The second kappa shape index (κ2) is 6.41. The molecule has 0 aliphatic heterocycles. The molecule has 2 N–H and O–H groups in total. The molecule has 0 aliphatic rings. The molecule has 0 bridgehead atoms. The Hall–Kier alpha value is -3.52. The van der Waals surface area contributed by atoms with Crippen LogP contribution in [0.25, 0.3) is 16.7 Å². The van der Waals surface area contributed by atoms with Crippen LogP contribution < -0.4 is 5.32 Å². The second-order valence-corrected chi connectivity index (χ2v) is 6.30. The Kier molecular flexibility index (Phi) is 3.94. The van der Waals surface area contributed by atoms with E-state index in [1.165, 1.54) is 0 Å². The number of aromatic nitrogens is 2. The van der Waals surface area contributed by atoms with Crippen LogP contribution in [0.4, 0.5) is 5.82 Å². The number of phenols is 1. The van der Waals surface area contributed by atoms with E-state index in [-0.39, 0.29) is 5.75 Å². The third-order valence-corrected chi connectivity index (χ3v) is 4.54. The van der Waals surface area contributed by atoms with E-state index in [2.05, 4.69) is 16.4 Å². The van der Waals surface area contributed by atoms with Crippen molar-refractivity contribution in [3.8, 4) is 11.8 Å². The molecule has 0 spiro atoms. The minimum atomic E-state index is 0.274.